The average Bonchev–Trinajstić information content (AvgIpc) is 3.57. The topological polar surface area (TPSA) is 89.9 Å². The smallest absolute Gasteiger partial charge is 0.364 e. The molecule has 3 aromatic rings. The predicted octanol–water partition coefficient (Wildman–Crippen LogP) is 4.56. The van der Waals surface area contributed by atoms with E-state index in [0.29, 0.717) is 17.7 Å². The fourth-order valence-electron chi connectivity index (χ4n) is 4.24. The normalized spacial score (nSPS) is 16.8. The van der Waals surface area contributed by atoms with Crippen LogP contribution in [0, 0.1) is 18.4 Å². The van der Waals surface area contributed by atoms with Gasteiger partial charge in [0.2, 0.25) is 0 Å². The van der Waals surface area contributed by atoms with E-state index in [2.05, 4.69) is 21.2 Å². The zero-order valence-electron chi connectivity index (χ0n) is 20.3. The van der Waals surface area contributed by atoms with E-state index < -0.39 is 17.6 Å². The van der Waals surface area contributed by atoms with E-state index in [-0.39, 0.29) is 5.69 Å². The summed E-state index contributed by atoms with van der Waals surface area (Å²) in [6.45, 7) is 1.50. The summed E-state index contributed by atoms with van der Waals surface area (Å²) >= 11 is 1.58. The van der Waals surface area contributed by atoms with Gasteiger partial charge >= 0.3 is 6.18 Å². The van der Waals surface area contributed by atoms with Gasteiger partial charge in [-0.05, 0) is 60.9 Å². The Morgan fingerprint density at radius 1 is 1.22 bits per heavy atom. The molecule has 194 valence electrons. The van der Waals surface area contributed by atoms with Gasteiger partial charge in [0.15, 0.2) is 11.0 Å². The van der Waals surface area contributed by atoms with Crippen molar-refractivity contribution in [1.29, 1.82) is 0 Å². The SMILES string of the molecule is C#CN(CCCSc1nnc(-c2ccc(C(N)=O)nc2)n1C)CCC1C[C@@H]1c1ccc(C(F)(F)F)cc1. The zero-order chi connectivity index (χ0) is 26.6. The van der Waals surface area contributed by atoms with Gasteiger partial charge in [0, 0.05) is 43.7 Å². The maximum atomic E-state index is 12.8. The van der Waals surface area contributed by atoms with Gasteiger partial charge in [-0.1, -0.05) is 30.3 Å². The molecule has 1 aromatic carbocycles. The van der Waals surface area contributed by atoms with Gasteiger partial charge in [-0.3, -0.25) is 9.78 Å². The molecular weight excluding hydrogens is 501 g/mol. The molecule has 2 heterocycles. The van der Waals surface area contributed by atoms with E-state index in [1.54, 1.807) is 42.2 Å². The molecule has 7 nitrogen and oxygen atoms in total. The highest BCUT2D eigenvalue weighted by Crippen LogP contribution is 2.49. The lowest BCUT2D eigenvalue weighted by Gasteiger charge is -2.17. The highest BCUT2D eigenvalue weighted by Gasteiger charge is 2.38. The maximum absolute atomic E-state index is 12.8. The minimum atomic E-state index is -4.31. The first kappa shape index (κ1) is 26.5. The Morgan fingerprint density at radius 2 is 1.97 bits per heavy atom. The Morgan fingerprint density at radius 3 is 2.59 bits per heavy atom. The Hall–Kier alpha value is -3.52. The minimum absolute atomic E-state index is 0.190. The molecule has 0 spiro atoms. The van der Waals surface area contributed by atoms with Crippen LogP contribution in [0.5, 0.6) is 0 Å². The van der Waals surface area contributed by atoms with Crippen molar-refractivity contribution in [3.63, 3.8) is 0 Å². The Bertz CT molecular complexity index is 1270. The van der Waals surface area contributed by atoms with Crippen molar-refractivity contribution in [2.75, 3.05) is 18.8 Å². The Balaban J connectivity index is 1.19. The predicted molar refractivity (Wildman–Crippen MR) is 135 cm³/mol. The number of hydrogen-bond acceptors (Lipinski definition) is 6. The zero-order valence-corrected chi connectivity index (χ0v) is 21.1. The third kappa shape index (κ3) is 6.63. The van der Waals surface area contributed by atoms with Crippen LogP contribution >= 0.6 is 11.8 Å². The van der Waals surface area contributed by atoms with Crippen molar-refractivity contribution < 1.29 is 18.0 Å². The molecule has 11 heteroatoms. The molecule has 1 fully saturated rings. The second-order valence-corrected chi connectivity index (χ2v) is 10.1. The summed E-state index contributed by atoms with van der Waals surface area (Å²) in [6.07, 6.45) is 5.69. The molecule has 37 heavy (non-hydrogen) atoms. The largest absolute Gasteiger partial charge is 0.416 e. The quantitative estimate of drug-likeness (QED) is 0.170. The summed E-state index contributed by atoms with van der Waals surface area (Å²) in [4.78, 5) is 17.2. The average molecular weight is 529 g/mol. The van der Waals surface area contributed by atoms with Crippen molar-refractivity contribution in [2.45, 2.75) is 36.5 Å². The van der Waals surface area contributed by atoms with Gasteiger partial charge in [-0.15, -0.1) is 10.2 Å². The highest BCUT2D eigenvalue weighted by molar-refractivity contribution is 7.99. The van der Waals surface area contributed by atoms with Gasteiger partial charge in [0.25, 0.3) is 5.91 Å². The summed E-state index contributed by atoms with van der Waals surface area (Å²) in [5, 5.41) is 9.25. The Labute approximate surface area is 217 Å². The van der Waals surface area contributed by atoms with Crippen LogP contribution in [0.25, 0.3) is 11.4 Å². The molecule has 1 aliphatic rings. The number of hydrogen-bond donors (Lipinski definition) is 1. The molecule has 0 aliphatic heterocycles. The number of aromatic nitrogens is 4. The van der Waals surface area contributed by atoms with Crippen LogP contribution in [-0.4, -0.2) is 49.4 Å². The first-order valence-electron chi connectivity index (χ1n) is 11.8. The van der Waals surface area contributed by atoms with Crippen molar-refractivity contribution in [1.82, 2.24) is 24.6 Å². The number of nitrogens with two attached hydrogens (primary N) is 1. The van der Waals surface area contributed by atoms with Crippen LogP contribution in [0.4, 0.5) is 13.2 Å². The molecule has 0 radical (unpaired) electrons. The number of carbonyl (C=O) groups excluding carboxylic acids is 1. The third-order valence-corrected chi connectivity index (χ3v) is 7.56. The monoisotopic (exact) mass is 528 g/mol. The molecular formula is C26H27F3N6OS. The van der Waals surface area contributed by atoms with Gasteiger partial charge in [0.05, 0.1) is 5.56 Å². The number of carbonyl (C=O) groups is 1. The fraction of sp³-hybridized carbons (Fsp3) is 0.385. The van der Waals surface area contributed by atoms with Crippen LogP contribution in [-0.2, 0) is 13.2 Å². The first-order chi connectivity index (χ1) is 17.7. The van der Waals surface area contributed by atoms with Crippen molar-refractivity contribution in [3.05, 3.63) is 59.4 Å². The summed E-state index contributed by atoms with van der Waals surface area (Å²) in [5.41, 5.74) is 6.51. The number of primary amides is 1. The van der Waals surface area contributed by atoms with Crippen molar-refractivity contribution in [3.8, 4) is 23.9 Å². The maximum Gasteiger partial charge on any atom is 0.416 e. The van der Waals surface area contributed by atoms with E-state index in [1.165, 1.54) is 0 Å². The highest BCUT2D eigenvalue weighted by atomic mass is 32.2. The number of alkyl halides is 3. The van der Waals surface area contributed by atoms with Gasteiger partial charge < -0.3 is 15.2 Å². The lowest BCUT2D eigenvalue weighted by molar-refractivity contribution is -0.137. The molecule has 1 amide bonds. The molecule has 1 aliphatic carbocycles. The molecule has 0 saturated heterocycles. The van der Waals surface area contributed by atoms with E-state index >= 15 is 0 Å². The number of terminal acetylenes is 1. The van der Waals surface area contributed by atoms with Crippen LogP contribution in [0.1, 0.15) is 46.8 Å². The molecule has 2 atom stereocenters. The van der Waals surface area contributed by atoms with Crippen LogP contribution in [0.15, 0.2) is 47.8 Å². The molecule has 1 saturated carbocycles. The van der Waals surface area contributed by atoms with E-state index in [4.69, 9.17) is 12.2 Å². The number of thioether (sulfide) groups is 1. The number of nitrogens with zero attached hydrogens (tertiary/aromatic N) is 5. The van der Waals surface area contributed by atoms with Crippen molar-refractivity contribution in [2.24, 2.45) is 18.7 Å². The van der Waals surface area contributed by atoms with Gasteiger partial charge in [0.1, 0.15) is 5.69 Å². The van der Waals surface area contributed by atoms with Gasteiger partial charge in [-0.2, -0.15) is 13.2 Å². The van der Waals surface area contributed by atoms with E-state index in [0.717, 1.165) is 66.5 Å². The second kappa shape index (κ2) is 11.3. The summed E-state index contributed by atoms with van der Waals surface area (Å²) in [7, 11) is 1.87. The third-order valence-electron chi connectivity index (χ3n) is 6.45. The lowest BCUT2D eigenvalue weighted by Crippen LogP contribution is -2.21. The first-order valence-corrected chi connectivity index (χ1v) is 12.8. The second-order valence-electron chi connectivity index (χ2n) is 8.99. The number of rotatable bonds is 11. The van der Waals surface area contributed by atoms with Crippen LogP contribution < -0.4 is 5.73 Å². The van der Waals surface area contributed by atoms with E-state index in [9.17, 15) is 18.0 Å². The summed E-state index contributed by atoms with van der Waals surface area (Å²) in [5.74, 6) is 1.62. The van der Waals surface area contributed by atoms with Crippen LogP contribution in [0.2, 0.25) is 0 Å². The molecule has 4 rings (SSSR count). The molecule has 2 aromatic heterocycles. The minimum Gasteiger partial charge on any atom is -0.364 e. The van der Waals surface area contributed by atoms with Gasteiger partial charge in [-0.25, -0.2) is 0 Å². The van der Waals surface area contributed by atoms with E-state index in [1.807, 2.05) is 16.5 Å². The number of halogens is 3. The molecule has 1 unspecified atom stereocenters. The fourth-order valence-corrected chi connectivity index (χ4v) is 5.07. The Kier molecular flexibility index (Phi) is 8.07. The number of pyridine rings is 1. The number of benzene rings is 1. The number of amides is 1. The van der Waals surface area contributed by atoms with Crippen molar-refractivity contribution >= 4 is 17.7 Å². The molecule has 0 bridgehead atoms. The summed E-state index contributed by atoms with van der Waals surface area (Å²) < 4.78 is 40.2. The lowest BCUT2D eigenvalue weighted by atomic mass is 10.1. The standard InChI is InChI=1S/C26H27F3N6OS/c1-3-35(13-11-18-15-21(18)17-5-8-20(9-6-17)26(27,28)29)12-4-14-37-25-33-32-24(34(25)2)19-7-10-22(23(30)36)31-16-19/h1,5-10,16,18,21H,4,11-15H2,2H3,(H2,30,36)/t18?,21-/m1/s1. The summed E-state index contributed by atoms with van der Waals surface area (Å²) in [6, 6.07) is 11.5. The molecule has 2 N–H and O–H groups in total. The van der Waals surface area contributed by atoms with Crippen LogP contribution in [0.3, 0.4) is 0 Å².